The van der Waals surface area contributed by atoms with Crippen LogP contribution < -0.4 is 5.56 Å². The molecule has 7 nitrogen and oxygen atoms in total. The molecule has 5 rings (SSSR count). The molecule has 1 amide bonds. The van der Waals surface area contributed by atoms with Crippen LogP contribution in [0.2, 0.25) is 0 Å². The third kappa shape index (κ3) is 5.63. The first-order valence-electron chi connectivity index (χ1n) is 12.8. The molecule has 2 aromatic carbocycles. The van der Waals surface area contributed by atoms with Crippen LogP contribution in [0, 0.1) is 0 Å². The van der Waals surface area contributed by atoms with E-state index in [1.54, 1.807) is 24.8 Å². The molecule has 0 radical (unpaired) electrons. The topological polar surface area (TPSA) is 103 Å². The maximum atomic E-state index is 13.3. The van der Waals surface area contributed by atoms with Gasteiger partial charge in [-0.1, -0.05) is 54.6 Å². The number of pyridine rings is 1. The number of aromatic nitrogens is 1. The van der Waals surface area contributed by atoms with Gasteiger partial charge in [0.1, 0.15) is 5.60 Å². The monoisotopic (exact) mass is 504 g/mol. The van der Waals surface area contributed by atoms with Gasteiger partial charge >= 0.3 is 6.09 Å². The van der Waals surface area contributed by atoms with Crippen LogP contribution in [0.25, 0.3) is 11.1 Å². The maximum absolute atomic E-state index is 13.3. The highest BCUT2D eigenvalue weighted by molar-refractivity contribution is 5.70. The Balaban J connectivity index is 0.00000320. The number of hydrogen-bond acceptors (Lipinski definition) is 4. The van der Waals surface area contributed by atoms with Crippen LogP contribution in [-0.2, 0) is 10.3 Å². The summed E-state index contributed by atoms with van der Waals surface area (Å²) in [5, 5.41) is 10.6. The van der Waals surface area contributed by atoms with Gasteiger partial charge in [0.05, 0.1) is 11.6 Å². The zero-order valence-corrected chi connectivity index (χ0v) is 21.7. The lowest BCUT2D eigenvalue weighted by molar-refractivity contribution is -0.101. The largest absolute Gasteiger partial charge is 0.438 e. The molecule has 1 saturated carbocycles. The van der Waals surface area contributed by atoms with Gasteiger partial charge in [-0.05, 0) is 61.9 Å². The van der Waals surface area contributed by atoms with Gasteiger partial charge < -0.3 is 24.8 Å². The van der Waals surface area contributed by atoms with Crippen molar-refractivity contribution in [2.75, 3.05) is 6.54 Å². The Morgan fingerprint density at radius 2 is 1.70 bits per heavy atom. The molecule has 1 aliphatic heterocycles. The van der Waals surface area contributed by atoms with E-state index in [0.717, 1.165) is 35.1 Å². The van der Waals surface area contributed by atoms with Crippen molar-refractivity contribution in [1.82, 2.24) is 9.47 Å². The van der Waals surface area contributed by atoms with Gasteiger partial charge in [0.25, 0.3) is 5.56 Å². The molecule has 2 heterocycles. The highest BCUT2D eigenvalue weighted by atomic mass is 16.6. The molecule has 3 aromatic rings. The first-order valence-corrected chi connectivity index (χ1v) is 12.8. The van der Waals surface area contributed by atoms with E-state index in [-0.39, 0.29) is 23.2 Å². The molecule has 0 spiro atoms. The lowest BCUT2D eigenvalue weighted by Crippen LogP contribution is -2.51. The number of ether oxygens (including phenoxy) is 1. The molecule has 1 aliphatic carbocycles. The third-order valence-electron chi connectivity index (χ3n) is 7.37. The summed E-state index contributed by atoms with van der Waals surface area (Å²) >= 11 is 0. The average Bonchev–Trinajstić information content (AvgIpc) is 3.69. The summed E-state index contributed by atoms with van der Waals surface area (Å²) < 4.78 is 7.94. The van der Waals surface area contributed by atoms with E-state index in [9.17, 15) is 14.7 Å². The van der Waals surface area contributed by atoms with E-state index < -0.39 is 11.2 Å². The number of cyclic esters (lactones) is 1. The molecular weight excluding hydrogens is 468 g/mol. The number of nitrogens with zero attached hydrogens (tertiary/aromatic N) is 2. The van der Waals surface area contributed by atoms with Crippen molar-refractivity contribution in [2.24, 2.45) is 0 Å². The highest BCUT2D eigenvalue weighted by Crippen LogP contribution is 2.42. The van der Waals surface area contributed by atoms with E-state index in [1.807, 2.05) is 78.4 Å². The van der Waals surface area contributed by atoms with Gasteiger partial charge in [-0.3, -0.25) is 4.79 Å². The Labute approximate surface area is 217 Å². The molecular formula is C30H36N2O5. The predicted molar refractivity (Wildman–Crippen MR) is 143 cm³/mol. The lowest BCUT2D eigenvalue weighted by Gasteiger charge is -2.45. The van der Waals surface area contributed by atoms with Crippen molar-refractivity contribution in [3.63, 3.8) is 0 Å². The minimum absolute atomic E-state index is 0. The molecule has 3 N–H and O–H groups in total. The van der Waals surface area contributed by atoms with Crippen LogP contribution in [0.15, 0.2) is 77.7 Å². The molecule has 2 aliphatic rings. The van der Waals surface area contributed by atoms with E-state index in [4.69, 9.17) is 4.74 Å². The quantitative estimate of drug-likeness (QED) is 0.490. The van der Waals surface area contributed by atoms with Crippen molar-refractivity contribution in [1.29, 1.82) is 0 Å². The van der Waals surface area contributed by atoms with Gasteiger partial charge in [-0.25, -0.2) is 4.79 Å². The molecule has 2 atom stereocenters. The van der Waals surface area contributed by atoms with Crippen LogP contribution in [0.4, 0.5) is 4.79 Å². The summed E-state index contributed by atoms with van der Waals surface area (Å²) in [5.74, 6) is 0. The Hall–Kier alpha value is -3.42. The molecule has 0 unspecified atom stereocenters. The number of carbonyl (C=O) groups excluding carboxylic acids is 1. The second-order valence-corrected chi connectivity index (χ2v) is 10.9. The van der Waals surface area contributed by atoms with Gasteiger partial charge in [0, 0.05) is 37.7 Å². The Kier molecular flexibility index (Phi) is 7.31. The van der Waals surface area contributed by atoms with E-state index in [1.165, 1.54) is 0 Å². The van der Waals surface area contributed by atoms with Crippen LogP contribution in [0.1, 0.15) is 69.7 Å². The van der Waals surface area contributed by atoms with Gasteiger partial charge in [0.15, 0.2) is 0 Å². The third-order valence-corrected chi connectivity index (χ3v) is 7.37. The fourth-order valence-electron chi connectivity index (χ4n) is 5.35. The van der Waals surface area contributed by atoms with E-state index in [0.29, 0.717) is 25.4 Å². The average molecular weight is 505 g/mol. The van der Waals surface area contributed by atoms with E-state index >= 15 is 0 Å². The van der Waals surface area contributed by atoms with Crippen molar-refractivity contribution in [2.45, 2.75) is 69.7 Å². The van der Waals surface area contributed by atoms with Gasteiger partial charge in [-0.2, -0.15) is 0 Å². The number of amides is 1. The smallest absolute Gasteiger partial charge is 0.411 e. The summed E-state index contributed by atoms with van der Waals surface area (Å²) in [6.07, 6.45) is 4.58. The van der Waals surface area contributed by atoms with Gasteiger partial charge in [-0.15, -0.1) is 0 Å². The van der Waals surface area contributed by atoms with Crippen LogP contribution in [-0.4, -0.2) is 38.3 Å². The molecule has 196 valence electrons. The van der Waals surface area contributed by atoms with Crippen LogP contribution in [0.3, 0.4) is 0 Å². The van der Waals surface area contributed by atoms with Crippen LogP contribution in [0.5, 0.6) is 0 Å². The van der Waals surface area contributed by atoms with Gasteiger partial charge in [0.2, 0.25) is 0 Å². The highest BCUT2D eigenvalue weighted by Gasteiger charge is 2.46. The molecule has 2 fully saturated rings. The Morgan fingerprint density at radius 3 is 2.27 bits per heavy atom. The summed E-state index contributed by atoms with van der Waals surface area (Å²) in [7, 11) is 0. The molecule has 1 saturated heterocycles. The number of hydrogen-bond donors (Lipinski definition) is 1. The molecule has 0 bridgehead atoms. The zero-order valence-electron chi connectivity index (χ0n) is 21.7. The summed E-state index contributed by atoms with van der Waals surface area (Å²) in [6, 6.07) is 21.6. The second kappa shape index (κ2) is 10.1. The Morgan fingerprint density at radius 1 is 1.03 bits per heavy atom. The first kappa shape index (κ1) is 26.6. The first-order chi connectivity index (χ1) is 17.2. The minimum Gasteiger partial charge on any atom is -0.438 e. The van der Waals surface area contributed by atoms with Crippen molar-refractivity contribution in [3.8, 4) is 11.1 Å². The normalized spacial score (nSPS) is 20.6. The zero-order chi connectivity index (χ0) is 25.5. The second-order valence-electron chi connectivity index (χ2n) is 10.9. The summed E-state index contributed by atoms with van der Waals surface area (Å²) in [5.41, 5.74) is 1.96. The number of aliphatic hydroxyl groups is 1. The fourth-order valence-corrected chi connectivity index (χ4v) is 5.35. The van der Waals surface area contributed by atoms with Crippen molar-refractivity contribution < 1.29 is 20.1 Å². The SMILES string of the molecule is C[C@@H](c1ccc(-c2ccn(C3CC3)c(=O)c2)cc1)N1CC[C@](CC(C)(C)O)(c2ccccc2)OC1=O.O. The maximum Gasteiger partial charge on any atom is 0.411 e. The Bertz CT molecular complexity index is 1290. The number of rotatable bonds is 7. The van der Waals surface area contributed by atoms with Crippen molar-refractivity contribution in [3.05, 3.63) is 94.4 Å². The lowest BCUT2D eigenvalue weighted by atomic mass is 9.80. The van der Waals surface area contributed by atoms with Crippen molar-refractivity contribution >= 4 is 6.09 Å². The summed E-state index contributed by atoms with van der Waals surface area (Å²) in [4.78, 5) is 27.5. The standard InChI is InChI=1S/C30H34N2O4.H2O/c1-21(22-9-11-23(12-10-22)24-15-17-32(26-13-14-26)27(33)19-24)31-18-16-30(36-28(31)34,20-29(2,3)35)25-7-5-4-6-8-25;/h4-12,15,17,19,21,26,35H,13-14,16,18,20H2,1-3H3;1H2/t21-,30-;/m0./s1. The minimum atomic E-state index is -0.987. The molecule has 1 aromatic heterocycles. The number of carbonyl (C=O) groups is 1. The predicted octanol–water partition coefficient (Wildman–Crippen LogP) is 4.99. The molecule has 37 heavy (non-hydrogen) atoms. The van der Waals surface area contributed by atoms with Crippen LogP contribution >= 0.6 is 0 Å². The summed E-state index contributed by atoms with van der Waals surface area (Å²) in [6.45, 7) is 6.01. The fraction of sp³-hybridized carbons (Fsp3) is 0.400. The molecule has 7 heteroatoms. The number of benzene rings is 2. The van der Waals surface area contributed by atoms with E-state index in [2.05, 4.69) is 0 Å².